The number of ether oxygens (including phenoxy) is 3. The van der Waals surface area contributed by atoms with Crippen LogP contribution in [0.15, 0.2) is 23.2 Å². The maximum absolute atomic E-state index is 12.7. The molecule has 176 valence electrons. The van der Waals surface area contributed by atoms with Gasteiger partial charge in [-0.25, -0.2) is 0 Å². The average molecular weight is 455 g/mol. The van der Waals surface area contributed by atoms with Crippen LogP contribution in [0.1, 0.15) is 51.5 Å². The molecule has 1 fully saturated rings. The second-order valence-electron chi connectivity index (χ2n) is 7.78. The lowest BCUT2D eigenvalue weighted by molar-refractivity contribution is -0.154. The van der Waals surface area contributed by atoms with Gasteiger partial charge in [-0.05, 0) is 50.8 Å². The Morgan fingerprint density at radius 3 is 2.16 bits per heavy atom. The van der Waals surface area contributed by atoms with E-state index in [0.29, 0.717) is 12.5 Å². The van der Waals surface area contributed by atoms with Gasteiger partial charge >= 0.3 is 12.4 Å². The van der Waals surface area contributed by atoms with Gasteiger partial charge in [0.15, 0.2) is 13.2 Å². The quantitative estimate of drug-likeness (QED) is 0.262. The zero-order valence-electron chi connectivity index (χ0n) is 17.5. The molecular formula is C21H27F6NO3. The van der Waals surface area contributed by atoms with Crippen molar-refractivity contribution >= 4 is 5.90 Å². The molecule has 0 saturated heterocycles. The highest BCUT2D eigenvalue weighted by molar-refractivity contribution is 5.97. The van der Waals surface area contributed by atoms with Crippen LogP contribution in [0.25, 0.3) is 0 Å². The molecule has 0 bridgehead atoms. The maximum Gasteiger partial charge on any atom is 0.422 e. The summed E-state index contributed by atoms with van der Waals surface area (Å²) in [5, 5.41) is 0. The van der Waals surface area contributed by atoms with Crippen LogP contribution in [-0.4, -0.2) is 44.1 Å². The first-order valence-electron chi connectivity index (χ1n) is 10.2. The number of hydrogen-bond acceptors (Lipinski definition) is 4. The van der Waals surface area contributed by atoms with Crippen molar-refractivity contribution in [2.75, 3.05) is 19.8 Å². The van der Waals surface area contributed by atoms with Gasteiger partial charge in [0.2, 0.25) is 5.90 Å². The minimum atomic E-state index is -4.58. The van der Waals surface area contributed by atoms with Crippen molar-refractivity contribution in [1.82, 2.24) is 0 Å². The van der Waals surface area contributed by atoms with Gasteiger partial charge in [0, 0.05) is 6.54 Å². The molecule has 0 spiro atoms. The summed E-state index contributed by atoms with van der Waals surface area (Å²) in [5.74, 6) is -0.0249. The minimum Gasteiger partial charge on any atom is -0.484 e. The molecule has 10 heteroatoms. The van der Waals surface area contributed by atoms with E-state index >= 15 is 0 Å². The highest BCUT2D eigenvalue weighted by atomic mass is 19.4. The third-order valence-electron chi connectivity index (χ3n) is 4.54. The first-order valence-corrected chi connectivity index (χ1v) is 10.2. The molecule has 0 radical (unpaired) electrons. The summed E-state index contributed by atoms with van der Waals surface area (Å²) in [6, 6.07) is 3.42. The largest absolute Gasteiger partial charge is 0.484 e. The second-order valence-corrected chi connectivity index (χ2v) is 7.78. The van der Waals surface area contributed by atoms with Crippen LogP contribution in [0.3, 0.4) is 0 Å². The smallest absolute Gasteiger partial charge is 0.422 e. The third-order valence-corrected chi connectivity index (χ3v) is 4.54. The Labute approximate surface area is 177 Å². The number of nitrogens with zero attached hydrogens (tertiary/aromatic N) is 1. The van der Waals surface area contributed by atoms with Crippen LogP contribution >= 0.6 is 0 Å². The number of aliphatic imine (C=N–C) groups is 1. The zero-order chi connectivity index (χ0) is 23.1. The van der Waals surface area contributed by atoms with Crippen molar-refractivity contribution in [3.63, 3.8) is 0 Å². The molecule has 31 heavy (non-hydrogen) atoms. The Kier molecular flexibility index (Phi) is 8.88. The fraction of sp³-hybridized carbons (Fsp3) is 0.667. The van der Waals surface area contributed by atoms with E-state index in [1.54, 1.807) is 13.8 Å². The van der Waals surface area contributed by atoms with Crippen molar-refractivity contribution in [3.05, 3.63) is 23.8 Å². The summed E-state index contributed by atoms with van der Waals surface area (Å²) in [5.41, 5.74) is 0.0217. The van der Waals surface area contributed by atoms with Gasteiger partial charge in [-0.2, -0.15) is 26.3 Å². The fourth-order valence-electron chi connectivity index (χ4n) is 3.21. The monoisotopic (exact) mass is 455 g/mol. The van der Waals surface area contributed by atoms with E-state index in [2.05, 4.69) is 4.99 Å². The van der Waals surface area contributed by atoms with Gasteiger partial charge in [-0.15, -0.1) is 0 Å². The molecule has 1 aromatic carbocycles. The number of halogens is 6. The van der Waals surface area contributed by atoms with Crippen LogP contribution in [0.2, 0.25) is 0 Å². The van der Waals surface area contributed by atoms with E-state index in [4.69, 9.17) is 14.2 Å². The van der Waals surface area contributed by atoms with Crippen LogP contribution in [0.4, 0.5) is 26.3 Å². The van der Waals surface area contributed by atoms with E-state index in [0.717, 1.165) is 44.2 Å². The van der Waals surface area contributed by atoms with E-state index in [-0.39, 0.29) is 29.1 Å². The molecule has 0 heterocycles. The third kappa shape index (κ3) is 9.69. The van der Waals surface area contributed by atoms with Crippen molar-refractivity contribution in [2.45, 2.75) is 64.4 Å². The Morgan fingerprint density at radius 1 is 0.968 bits per heavy atom. The number of alkyl halides is 6. The van der Waals surface area contributed by atoms with E-state index in [1.165, 1.54) is 6.07 Å². The minimum absolute atomic E-state index is 0.0217. The molecule has 2 rings (SSSR count). The summed E-state index contributed by atoms with van der Waals surface area (Å²) in [7, 11) is 0. The molecule has 0 unspecified atom stereocenters. The van der Waals surface area contributed by atoms with Crippen molar-refractivity contribution < 1.29 is 40.6 Å². The van der Waals surface area contributed by atoms with Crippen LogP contribution in [0, 0.1) is 5.92 Å². The standard InChI is InChI=1S/C21H27F6NO3/c1-14(2)31-19(28-11-15-6-4-3-5-7-15)17-10-16(29-12-20(22,23)24)8-9-18(17)30-13-21(25,26)27/h8-10,14-15H,3-7,11-13H2,1-2H3. The highest BCUT2D eigenvalue weighted by Gasteiger charge is 2.31. The summed E-state index contributed by atoms with van der Waals surface area (Å²) in [4.78, 5) is 4.47. The predicted molar refractivity (Wildman–Crippen MR) is 104 cm³/mol. The van der Waals surface area contributed by atoms with Gasteiger partial charge < -0.3 is 14.2 Å². The zero-order valence-corrected chi connectivity index (χ0v) is 17.5. The molecular weight excluding hydrogens is 428 g/mol. The molecule has 0 aromatic heterocycles. The molecule has 0 aliphatic heterocycles. The molecule has 1 saturated carbocycles. The van der Waals surface area contributed by atoms with Crippen LogP contribution < -0.4 is 9.47 Å². The first-order chi connectivity index (χ1) is 14.4. The summed E-state index contributed by atoms with van der Waals surface area (Å²) in [6.45, 7) is 0.760. The van der Waals surface area contributed by atoms with Crippen LogP contribution in [0.5, 0.6) is 11.5 Å². The second kappa shape index (κ2) is 10.9. The number of benzene rings is 1. The number of rotatable bonds is 8. The molecule has 0 N–H and O–H groups in total. The summed E-state index contributed by atoms with van der Waals surface area (Å²) >= 11 is 0. The number of hydrogen-bond donors (Lipinski definition) is 0. The average Bonchev–Trinajstić information content (AvgIpc) is 2.67. The Morgan fingerprint density at radius 2 is 1.58 bits per heavy atom. The van der Waals surface area contributed by atoms with E-state index in [9.17, 15) is 26.3 Å². The SMILES string of the molecule is CC(C)OC(=NCC1CCCCC1)c1cc(OCC(F)(F)F)ccc1OCC(F)(F)F. The van der Waals surface area contributed by atoms with Crippen molar-refractivity contribution in [2.24, 2.45) is 10.9 Å². The topological polar surface area (TPSA) is 40.0 Å². The Hall–Kier alpha value is -2.13. The van der Waals surface area contributed by atoms with Gasteiger partial charge in [0.05, 0.1) is 11.7 Å². The lowest BCUT2D eigenvalue weighted by Crippen LogP contribution is -2.22. The normalized spacial score (nSPS) is 16.5. The molecule has 1 aliphatic rings. The summed E-state index contributed by atoms with van der Waals surface area (Å²) in [6.07, 6.45) is -4.19. The van der Waals surface area contributed by atoms with Gasteiger partial charge in [-0.1, -0.05) is 19.3 Å². The van der Waals surface area contributed by atoms with Crippen molar-refractivity contribution in [3.8, 4) is 11.5 Å². The van der Waals surface area contributed by atoms with E-state index < -0.39 is 25.6 Å². The van der Waals surface area contributed by atoms with Gasteiger partial charge in [-0.3, -0.25) is 4.99 Å². The Balaban J connectivity index is 2.34. The molecule has 4 nitrogen and oxygen atoms in total. The van der Waals surface area contributed by atoms with Crippen molar-refractivity contribution in [1.29, 1.82) is 0 Å². The van der Waals surface area contributed by atoms with Gasteiger partial charge in [0.1, 0.15) is 11.5 Å². The fourth-order valence-corrected chi connectivity index (χ4v) is 3.21. The maximum atomic E-state index is 12.7. The molecule has 1 aromatic rings. The molecule has 0 amide bonds. The lowest BCUT2D eigenvalue weighted by Gasteiger charge is -2.21. The first kappa shape index (κ1) is 25.1. The highest BCUT2D eigenvalue weighted by Crippen LogP contribution is 2.30. The lowest BCUT2D eigenvalue weighted by atomic mass is 9.89. The molecule has 0 atom stereocenters. The van der Waals surface area contributed by atoms with Gasteiger partial charge in [0.25, 0.3) is 0 Å². The predicted octanol–water partition coefficient (Wildman–Crippen LogP) is 6.32. The molecule has 1 aliphatic carbocycles. The van der Waals surface area contributed by atoms with E-state index in [1.807, 2.05) is 0 Å². The van der Waals surface area contributed by atoms with Crippen LogP contribution in [-0.2, 0) is 4.74 Å². The Bertz CT molecular complexity index is 725. The summed E-state index contributed by atoms with van der Waals surface area (Å²) < 4.78 is 90.9.